The van der Waals surface area contributed by atoms with E-state index in [1.807, 2.05) is 0 Å². The van der Waals surface area contributed by atoms with Crippen LogP contribution in [0.3, 0.4) is 0 Å². The largest absolute Gasteiger partial charge is 0.451 e. The van der Waals surface area contributed by atoms with Crippen molar-refractivity contribution in [1.82, 2.24) is 14.9 Å². The molecular weight excluding hydrogens is 498 g/mol. The number of rotatable bonds is 5. The highest BCUT2D eigenvalue weighted by molar-refractivity contribution is 9.10. The molecule has 0 fully saturated rings. The van der Waals surface area contributed by atoms with E-state index < -0.39 is 30.1 Å². The SMILES string of the molecule is CC(=O)OC(C)C(=O)OC(C)C(=O)N(C1=NCCN1C(C)=O)c1ccc2nccnc2c1Br. The van der Waals surface area contributed by atoms with E-state index in [9.17, 15) is 19.2 Å². The molecule has 2 unspecified atom stereocenters. The number of aromatic nitrogens is 2. The molecule has 2 heterocycles. The number of benzene rings is 1. The molecule has 2 amide bonds. The van der Waals surface area contributed by atoms with Crippen molar-refractivity contribution in [2.24, 2.45) is 4.99 Å². The summed E-state index contributed by atoms with van der Waals surface area (Å²) < 4.78 is 10.5. The Kier molecular flexibility index (Phi) is 7.36. The summed E-state index contributed by atoms with van der Waals surface area (Å²) in [5.74, 6) is -2.39. The van der Waals surface area contributed by atoms with Crippen molar-refractivity contribution < 1.29 is 28.7 Å². The molecular formula is C21H22BrN5O6. The third-order valence-corrected chi connectivity index (χ3v) is 5.52. The number of fused-ring (bicyclic) bond motifs is 1. The van der Waals surface area contributed by atoms with Gasteiger partial charge in [0.05, 0.1) is 22.2 Å². The molecule has 2 aromatic rings. The Hall–Kier alpha value is -3.41. The molecule has 0 spiro atoms. The smallest absolute Gasteiger partial charge is 0.347 e. The summed E-state index contributed by atoms with van der Waals surface area (Å²) in [5.41, 5.74) is 1.43. The lowest BCUT2D eigenvalue weighted by Crippen LogP contribution is -2.51. The van der Waals surface area contributed by atoms with Crippen molar-refractivity contribution in [2.45, 2.75) is 39.9 Å². The molecule has 0 bridgehead atoms. The van der Waals surface area contributed by atoms with Crippen LogP contribution in [-0.4, -0.2) is 69.9 Å². The fourth-order valence-electron chi connectivity index (χ4n) is 3.21. The number of hydrogen-bond donors (Lipinski definition) is 0. The lowest BCUT2D eigenvalue weighted by molar-refractivity contribution is -0.170. The van der Waals surface area contributed by atoms with Crippen LogP contribution in [0.1, 0.15) is 27.7 Å². The summed E-state index contributed by atoms with van der Waals surface area (Å²) in [4.78, 5) is 64.6. The van der Waals surface area contributed by atoms with Crippen LogP contribution in [0.4, 0.5) is 5.69 Å². The Bertz CT molecular complexity index is 1150. The molecule has 0 saturated carbocycles. The summed E-state index contributed by atoms with van der Waals surface area (Å²) in [7, 11) is 0. The van der Waals surface area contributed by atoms with Gasteiger partial charge in [-0.05, 0) is 41.9 Å². The summed E-state index contributed by atoms with van der Waals surface area (Å²) in [6, 6.07) is 3.31. The summed E-state index contributed by atoms with van der Waals surface area (Å²) in [6.45, 7) is 5.87. The van der Waals surface area contributed by atoms with Crippen LogP contribution in [0.2, 0.25) is 0 Å². The highest BCUT2D eigenvalue weighted by Gasteiger charge is 2.36. The maximum absolute atomic E-state index is 13.5. The van der Waals surface area contributed by atoms with Crippen molar-refractivity contribution in [3.05, 3.63) is 29.0 Å². The minimum Gasteiger partial charge on any atom is -0.451 e. The van der Waals surface area contributed by atoms with E-state index in [2.05, 4.69) is 30.9 Å². The van der Waals surface area contributed by atoms with Gasteiger partial charge in [-0.1, -0.05) is 0 Å². The van der Waals surface area contributed by atoms with Crippen molar-refractivity contribution >= 4 is 62.4 Å². The van der Waals surface area contributed by atoms with Gasteiger partial charge in [0, 0.05) is 32.8 Å². The number of halogens is 1. The zero-order valence-corrected chi connectivity index (χ0v) is 20.0. The molecule has 1 aromatic carbocycles. The first-order chi connectivity index (χ1) is 15.6. The number of carbonyl (C=O) groups excluding carboxylic acids is 4. The van der Waals surface area contributed by atoms with E-state index >= 15 is 0 Å². The standard InChI is InChI=1S/C21H22BrN5O6/c1-11(33-20(31)12(2)32-14(4)29)19(30)27(21-25-9-10-26(21)13(3)28)16-6-5-15-18(17(16)22)24-8-7-23-15/h5-8,11-12H,9-10H2,1-4H3. The van der Waals surface area contributed by atoms with Gasteiger partial charge in [-0.3, -0.25) is 34.2 Å². The zero-order valence-electron chi connectivity index (χ0n) is 18.4. The van der Waals surface area contributed by atoms with E-state index in [4.69, 9.17) is 9.47 Å². The molecule has 3 rings (SSSR count). The number of amides is 2. The number of ether oxygens (including phenoxy) is 2. The van der Waals surface area contributed by atoms with E-state index in [1.54, 1.807) is 18.3 Å². The summed E-state index contributed by atoms with van der Waals surface area (Å²) >= 11 is 3.49. The van der Waals surface area contributed by atoms with Crippen LogP contribution in [0.15, 0.2) is 34.0 Å². The fraction of sp³-hybridized carbons (Fsp3) is 0.381. The van der Waals surface area contributed by atoms with Crippen LogP contribution in [0.25, 0.3) is 11.0 Å². The summed E-state index contributed by atoms with van der Waals surface area (Å²) in [5, 5.41) is 0. The Labute approximate surface area is 197 Å². The van der Waals surface area contributed by atoms with Gasteiger partial charge in [-0.15, -0.1) is 0 Å². The van der Waals surface area contributed by atoms with Crippen molar-refractivity contribution in [3.63, 3.8) is 0 Å². The lowest BCUT2D eigenvalue weighted by Gasteiger charge is -2.30. The molecule has 33 heavy (non-hydrogen) atoms. The second kappa shape index (κ2) is 10.0. The second-order valence-corrected chi connectivity index (χ2v) is 7.97. The van der Waals surface area contributed by atoms with Crippen molar-refractivity contribution in [1.29, 1.82) is 0 Å². The van der Waals surface area contributed by atoms with Gasteiger partial charge in [-0.25, -0.2) is 9.69 Å². The normalized spacial score (nSPS) is 14.9. The molecule has 1 aliphatic rings. The van der Waals surface area contributed by atoms with Gasteiger partial charge in [0.15, 0.2) is 12.2 Å². The van der Waals surface area contributed by atoms with Crippen LogP contribution >= 0.6 is 15.9 Å². The monoisotopic (exact) mass is 519 g/mol. The number of nitrogens with zero attached hydrogens (tertiary/aromatic N) is 5. The van der Waals surface area contributed by atoms with E-state index in [0.29, 0.717) is 34.3 Å². The minimum atomic E-state index is -1.28. The predicted molar refractivity (Wildman–Crippen MR) is 121 cm³/mol. The first-order valence-electron chi connectivity index (χ1n) is 10.0. The average Bonchev–Trinajstić information content (AvgIpc) is 3.24. The van der Waals surface area contributed by atoms with E-state index in [1.165, 1.54) is 36.8 Å². The molecule has 11 nitrogen and oxygen atoms in total. The van der Waals surface area contributed by atoms with Crippen molar-refractivity contribution in [3.8, 4) is 0 Å². The quantitative estimate of drug-likeness (QED) is 0.546. The first kappa shape index (κ1) is 24.2. The molecule has 174 valence electrons. The maximum atomic E-state index is 13.5. The van der Waals surface area contributed by atoms with Gasteiger partial charge in [0.1, 0.15) is 5.52 Å². The van der Waals surface area contributed by atoms with Gasteiger partial charge < -0.3 is 9.47 Å². The van der Waals surface area contributed by atoms with E-state index in [-0.39, 0.29) is 11.9 Å². The Morgan fingerprint density at radius 3 is 2.42 bits per heavy atom. The first-order valence-corrected chi connectivity index (χ1v) is 10.8. The number of aliphatic imine (C=N–C) groups is 1. The molecule has 0 radical (unpaired) electrons. The molecule has 1 aliphatic heterocycles. The lowest BCUT2D eigenvalue weighted by atomic mass is 10.2. The highest BCUT2D eigenvalue weighted by atomic mass is 79.9. The topological polar surface area (TPSA) is 131 Å². The molecule has 12 heteroatoms. The third-order valence-electron chi connectivity index (χ3n) is 4.73. The van der Waals surface area contributed by atoms with E-state index in [0.717, 1.165) is 6.92 Å². The molecule has 0 N–H and O–H groups in total. The highest BCUT2D eigenvalue weighted by Crippen LogP contribution is 2.33. The van der Waals surface area contributed by atoms with Gasteiger partial charge in [0.2, 0.25) is 11.9 Å². The molecule has 1 aromatic heterocycles. The Morgan fingerprint density at radius 2 is 1.76 bits per heavy atom. The predicted octanol–water partition coefficient (Wildman–Crippen LogP) is 1.83. The number of hydrogen-bond acceptors (Lipinski definition) is 9. The number of esters is 2. The van der Waals surface area contributed by atoms with Crippen LogP contribution in [-0.2, 0) is 28.7 Å². The second-order valence-electron chi connectivity index (χ2n) is 7.18. The van der Waals surface area contributed by atoms with Gasteiger partial charge in [0.25, 0.3) is 5.91 Å². The minimum absolute atomic E-state index is 0.104. The zero-order chi connectivity index (χ0) is 24.3. The number of carbonyl (C=O) groups is 4. The molecule has 2 atom stereocenters. The van der Waals surface area contributed by atoms with Crippen molar-refractivity contribution in [2.75, 3.05) is 18.0 Å². The van der Waals surface area contributed by atoms with Gasteiger partial charge in [-0.2, -0.15) is 0 Å². The summed E-state index contributed by atoms with van der Waals surface area (Å²) in [6.07, 6.45) is 0.587. The fourth-order valence-corrected chi connectivity index (χ4v) is 3.83. The molecule has 0 saturated heterocycles. The number of anilines is 1. The number of guanidine groups is 1. The Balaban J connectivity index is 2.01. The maximum Gasteiger partial charge on any atom is 0.347 e. The Morgan fingerprint density at radius 1 is 1.06 bits per heavy atom. The van der Waals surface area contributed by atoms with Crippen LogP contribution in [0, 0.1) is 0 Å². The van der Waals surface area contributed by atoms with Crippen LogP contribution in [0.5, 0.6) is 0 Å². The third kappa shape index (κ3) is 5.16. The molecule has 0 aliphatic carbocycles. The van der Waals surface area contributed by atoms with Crippen LogP contribution < -0.4 is 4.90 Å². The average molecular weight is 520 g/mol. The van der Waals surface area contributed by atoms with Gasteiger partial charge >= 0.3 is 11.9 Å².